The van der Waals surface area contributed by atoms with Gasteiger partial charge in [-0.05, 0) is 19.4 Å². The number of hydrogen-bond acceptors (Lipinski definition) is 7. The molecule has 0 atom stereocenters. The van der Waals surface area contributed by atoms with Crippen LogP contribution in [0.25, 0.3) is 21.5 Å². The van der Waals surface area contributed by atoms with Crippen LogP contribution >= 0.6 is 11.3 Å². The summed E-state index contributed by atoms with van der Waals surface area (Å²) in [6.45, 7) is 6.48. The van der Waals surface area contributed by atoms with Gasteiger partial charge in [0.25, 0.3) is 5.56 Å². The molecule has 5 rings (SSSR count). The minimum atomic E-state index is -0.349. The van der Waals surface area contributed by atoms with Crippen molar-refractivity contribution in [3.63, 3.8) is 0 Å². The summed E-state index contributed by atoms with van der Waals surface area (Å²) >= 11 is 1.47. The number of Topliss-reactive ketones (excluding diaryl/α,β-unsaturated/α-hetero) is 1. The number of aromatic nitrogens is 3. The van der Waals surface area contributed by atoms with E-state index in [9.17, 15) is 9.59 Å². The van der Waals surface area contributed by atoms with Crippen LogP contribution in [0.15, 0.2) is 53.3 Å². The van der Waals surface area contributed by atoms with Crippen LogP contribution in [0.3, 0.4) is 0 Å². The Balaban J connectivity index is 1.62. The quantitative estimate of drug-likeness (QED) is 0.421. The van der Waals surface area contributed by atoms with Gasteiger partial charge >= 0.3 is 0 Å². The zero-order valence-electron chi connectivity index (χ0n) is 18.6. The number of carbonyl (C=O) groups is 1. The number of thiazole rings is 1. The minimum Gasteiger partial charge on any atom is -0.378 e. The highest BCUT2D eigenvalue weighted by Gasteiger charge is 2.22. The van der Waals surface area contributed by atoms with E-state index in [2.05, 4.69) is 10.00 Å². The monoisotopic (exact) mass is 460 g/mol. The third kappa shape index (κ3) is 4.19. The van der Waals surface area contributed by atoms with Crippen molar-refractivity contribution in [2.24, 2.45) is 0 Å². The van der Waals surface area contributed by atoms with Crippen molar-refractivity contribution in [1.82, 2.24) is 14.8 Å². The van der Waals surface area contributed by atoms with Gasteiger partial charge < -0.3 is 9.64 Å². The number of benzene rings is 2. The molecule has 33 heavy (non-hydrogen) atoms. The highest BCUT2D eigenvalue weighted by Crippen LogP contribution is 2.34. The first kappa shape index (κ1) is 21.5. The SMILES string of the molecule is Cc1ccc(C(=O)Cn2nc(-c3ccccc3)c3sc(N4CCOCC4)nc3c2=O)c(C)c1. The Morgan fingerprint density at radius 3 is 2.58 bits per heavy atom. The molecule has 0 N–H and O–H groups in total. The first-order chi connectivity index (χ1) is 16.0. The molecule has 0 aliphatic carbocycles. The Kier molecular flexibility index (Phi) is 5.78. The van der Waals surface area contributed by atoms with Gasteiger partial charge in [-0.15, -0.1) is 0 Å². The Labute approximate surface area is 195 Å². The summed E-state index contributed by atoms with van der Waals surface area (Å²) in [6.07, 6.45) is 0. The van der Waals surface area contributed by atoms with Gasteiger partial charge in [0.1, 0.15) is 12.2 Å². The number of carbonyl (C=O) groups excluding carboxylic acids is 1. The maximum Gasteiger partial charge on any atom is 0.294 e. The number of morpholine rings is 1. The van der Waals surface area contributed by atoms with E-state index in [0.29, 0.717) is 30.0 Å². The lowest BCUT2D eigenvalue weighted by Gasteiger charge is -2.25. The fourth-order valence-electron chi connectivity index (χ4n) is 4.08. The van der Waals surface area contributed by atoms with Crippen LogP contribution in [-0.4, -0.2) is 46.9 Å². The van der Waals surface area contributed by atoms with E-state index in [1.807, 2.05) is 62.4 Å². The van der Waals surface area contributed by atoms with Crippen molar-refractivity contribution in [2.45, 2.75) is 20.4 Å². The molecule has 7 nitrogen and oxygen atoms in total. The van der Waals surface area contributed by atoms with Gasteiger partial charge in [-0.3, -0.25) is 9.59 Å². The summed E-state index contributed by atoms with van der Waals surface area (Å²) in [6, 6.07) is 15.4. The van der Waals surface area contributed by atoms with Crippen molar-refractivity contribution < 1.29 is 9.53 Å². The molecule has 0 spiro atoms. The van der Waals surface area contributed by atoms with Gasteiger partial charge in [0.15, 0.2) is 16.4 Å². The number of fused-ring (bicyclic) bond motifs is 1. The van der Waals surface area contributed by atoms with E-state index < -0.39 is 0 Å². The van der Waals surface area contributed by atoms with Crippen molar-refractivity contribution in [3.8, 4) is 11.3 Å². The van der Waals surface area contributed by atoms with Crippen molar-refractivity contribution in [1.29, 1.82) is 0 Å². The molecule has 0 saturated carbocycles. The molecule has 2 aromatic heterocycles. The summed E-state index contributed by atoms with van der Waals surface area (Å²) in [4.78, 5) is 33.3. The maximum atomic E-state index is 13.4. The molecule has 1 aliphatic rings. The molecule has 3 heterocycles. The standard InChI is InChI=1S/C25H24N4O3S/c1-16-8-9-19(17(2)14-16)20(30)15-29-24(31)22-23(21(27-29)18-6-4-3-5-7-18)33-25(26-22)28-10-12-32-13-11-28/h3-9,14H,10-13,15H2,1-2H3. The first-order valence-electron chi connectivity index (χ1n) is 10.9. The average Bonchev–Trinajstić information content (AvgIpc) is 3.28. The molecule has 8 heteroatoms. The number of rotatable bonds is 5. The van der Waals surface area contributed by atoms with Gasteiger partial charge in [0, 0.05) is 24.2 Å². The Morgan fingerprint density at radius 2 is 1.85 bits per heavy atom. The van der Waals surface area contributed by atoms with Crippen LogP contribution in [0, 0.1) is 13.8 Å². The Hall–Kier alpha value is -3.36. The molecule has 0 unspecified atom stereocenters. The molecule has 1 saturated heterocycles. The Morgan fingerprint density at radius 1 is 1.09 bits per heavy atom. The molecule has 1 aliphatic heterocycles. The van der Waals surface area contributed by atoms with E-state index >= 15 is 0 Å². The summed E-state index contributed by atoms with van der Waals surface area (Å²) in [5, 5.41) is 5.43. The normalized spacial score (nSPS) is 14.1. The molecule has 0 radical (unpaired) electrons. The van der Waals surface area contributed by atoms with Crippen molar-refractivity contribution in [3.05, 3.63) is 75.6 Å². The summed E-state index contributed by atoms with van der Waals surface area (Å²) < 4.78 is 7.45. The fourth-order valence-corrected chi connectivity index (χ4v) is 5.19. The van der Waals surface area contributed by atoms with Crippen LogP contribution in [0.2, 0.25) is 0 Å². The second-order valence-corrected chi connectivity index (χ2v) is 9.17. The highest BCUT2D eigenvalue weighted by molar-refractivity contribution is 7.22. The molecule has 0 bridgehead atoms. The van der Waals surface area contributed by atoms with Gasteiger partial charge in [-0.1, -0.05) is 65.4 Å². The number of ketones is 1. The number of ether oxygens (including phenoxy) is 1. The maximum absolute atomic E-state index is 13.4. The molecule has 2 aromatic carbocycles. The molecular weight excluding hydrogens is 436 g/mol. The molecule has 0 amide bonds. The van der Waals surface area contributed by atoms with E-state index in [-0.39, 0.29) is 17.9 Å². The largest absolute Gasteiger partial charge is 0.378 e. The second kappa shape index (κ2) is 8.88. The number of anilines is 1. The van der Waals surface area contributed by atoms with E-state index in [1.54, 1.807) is 0 Å². The number of aryl methyl sites for hydroxylation is 2. The lowest BCUT2D eigenvalue weighted by Crippen LogP contribution is -2.36. The first-order valence-corrected chi connectivity index (χ1v) is 11.7. The Bertz CT molecular complexity index is 1390. The predicted octanol–water partition coefficient (Wildman–Crippen LogP) is 3.86. The van der Waals surface area contributed by atoms with Crippen molar-refractivity contribution >= 4 is 32.5 Å². The lowest BCUT2D eigenvalue weighted by molar-refractivity contribution is 0.0965. The van der Waals surface area contributed by atoms with Gasteiger partial charge in [0.2, 0.25) is 0 Å². The number of nitrogens with zero attached hydrogens (tertiary/aromatic N) is 4. The lowest BCUT2D eigenvalue weighted by atomic mass is 10.0. The third-order valence-electron chi connectivity index (χ3n) is 5.79. The second-order valence-electron chi connectivity index (χ2n) is 8.19. The van der Waals surface area contributed by atoms with Gasteiger partial charge in [0.05, 0.1) is 17.9 Å². The van der Waals surface area contributed by atoms with Crippen LogP contribution in [0.1, 0.15) is 21.5 Å². The molecule has 4 aromatic rings. The smallest absolute Gasteiger partial charge is 0.294 e. The van der Waals surface area contributed by atoms with Crippen LogP contribution in [0.5, 0.6) is 0 Å². The van der Waals surface area contributed by atoms with Crippen LogP contribution in [0.4, 0.5) is 5.13 Å². The highest BCUT2D eigenvalue weighted by atomic mass is 32.1. The van der Waals surface area contributed by atoms with Crippen LogP contribution < -0.4 is 10.5 Å². The van der Waals surface area contributed by atoms with Gasteiger partial charge in [-0.25, -0.2) is 9.67 Å². The molecule has 1 fully saturated rings. The zero-order valence-corrected chi connectivity index (χ0v) is 19.4. The van der Waals surface area contributed by atoms with E-state index in [0.717, 1.165) is 39.6 Å². The van der Waals surface area contributed by atoms with E-state index in [1.165, 1.54) is 16.0 Å². The molecular formula is C25H24N4O3S. The minimum absolute atomic E-state index is 0.136. The average molecular weight is 461 g/mol. The topological polar surface area (TPSA) is 77.3 Å². The summed E-state index contributed by atoms with van der Waals surface area (Å²) in [5.74, 6) is -0.149. The molecule has 168 valence electrons. The third-order valence-corrected chi connectivity index (χ3v) is 6.92. The van der Waals surface area contributed by atoms with Crippen LogP contribution in [-0.2, 0) is 11.3 Å². The van der Waals surface area contributed by atoms with Crippen molar-refractivity contribution in [2.75, 3.05) is 31.2 Å². The summed E-state index contributed by atoms with van der Waals surface area (Å²) in [5.41, 5.74) is 4.12. The predicted molar refractivity (Wildman–Crippen MR) is 130 cm³/mol. The van der Waals surface area contributed by atoms with E-state index in [4.69, 9.17) is 9.72 Å². The fraction of sp³-hybridized carbons (Fsp3) is 0.280. The van der Waals surface area contributed by atoms with Gasteiger partial charge in [-0.2, -0.15) is 5.10 Å². The zero-order chi connectivity index (χ0) is 22.9. The number of hydrogen-bond donors (Lipinski definition) is 0. The summed E-state index contributed by atoms with van der Waals surface area (Å²) in [7, 11) is 0.